The molecule has 0 aliphatic carbocycles. The van der Waals surface area contributed by atoms with Gasteiger partial charge in [0, 0.05) is 24.9 Å². The topological polar surface area (TPSA) is 95.1 Å². The highest BCUT2D eigenvalue weighted by Gasteiger charge is 2.08. The number of carbonyl (C=O) groups is 1. The average molecular weight is 267 g/mol. The Kier molecular flexibility index (Phi) is 5.54. The fourth-order valence-electron chi connectivity index (χ4n) is 1.59. The molecule has 0 spiro atoms. The van der Waals surface area contributed by atoms with E-state index in [9.17, 15) is 9.59 Å². The number of rotatable bonds is 7. The van der Waals surface area contributed by atoms with Gasteiger partial charge in [-0.05, 0) is 12.3 Å². The van der Waals surface area contributed by atoms with Crippen LogP contribution in [0.2, 0.25) is 0 Å². The van der Waals surface area contributed by atoms with Crippen molar-refractivity contribution >= 4 is 11.8 Å². The van der Waals surface area contributed by atoms with E-state index < -0.39 is 5.97 Å². The zero-order valence-electron chi connectivity index (χ0n) is 11.6. The number of nitrogens with one attached hydrogen (secondary N) is 2. The zero-order valence-corrected chi connectivity index (χ0v) is 11.6. The number of hydrogen-bond acceptors (Lipinski definition) is 4. The Hall–Kier alpha value is -1.85. The van der Waals surface area contributed by atoms with E-state index in [2.05, 4.69) is 15.3 Å². The lowest BCUT2D eigenvalue weighted by Gasteiger charge is -2.13. The minimum absolute atomic E-state index is 0.152. The van der Waals surface area contributed by atoms with Crippen molar-refractivity contribution in [3.05, 3.63) is 22.2 Å². The second-order valence-corrected chi connectivity index (χ2v) is 5.09. The Balaban J connectivity index is 2.57. The molecule has 3 N–H and O–H groups in total. The fraction of sp³-hybridized carbons (Fsp3) is 0.615. The van der Waals surface area contributed by atoms with E-state index in [0.29, 0.717) is 24.6 Å². The van der Waals surface area contributed by atoms with Crippen molar-refractivity contribution in [2.75, 3.05) is 11.9 Å². The largest absolute Gasteiger partial charge is 0.481 e. The third kappa shape index (κ3) is 5.54. The summed E-state index contributed by atoms with van der Waals surface area (Å²) in [6, 6.07) is 1.41. The van der Waals surface area contributed by atoms with Crippen LogP contribution < -0.4 is 10.9 Å². The highest BCUT2D eigenvalue weighted by Crippen LogP contribution is 2.11. The average Bonchev–Trinajstić information content (AvgIpc) is 2.33. The van der Waals surface area contributed by atoms with E-state index in [1.165, 1.54) is 6.07 Å². The SMILES string of the molecule is CC(CCC(=O)O)CNc1cc(=O)[nH]c(C(C)C)n1. The molecule has 0 bridgehead atoms. The molecule has 1 aromatic heterocycles. The van der Waals surface area contributed by atoms with Crippen LogP contribution in [0.5, 0.6) is 0 Å². The van der Waals surface area contributed by atoms with Crippen LogP contribution in [0.3, 0.4) is 0 Å². The number of aromatic nitrogens is 2. The Labute approximate surface area is 112 Å². The number of aliphatic carboxylic acids is 1. The molecule has 6 nitrogen and oxygen atoms in total. The number of hydrogen-bond donors (Lipinski definition) is 3. The summed E-state index contributed by atoms with van der Waals surface area (Å²) in [4.78, 5) is 28.9. The first-order valence-corrected chi connectivity index (χ1v) is 6.45. The van der Waals surface area contributed by atoms with Crippen molar-refractivity contribution in [2.45, 2.75) is 39.5 Å². The Bertz CT molecular complexity index is 482. The zero-order chi connectivity index (χ0) is 14.4. The van der Waals surface area contributed by atoms with Crippen molar-refractivity contribution in [3.8, 4) is 0 Å². The molecule has 0 saturated carbocycles. The molecule has 0 fully saturated rings. The molecular weight excluding hydrogens is 246 g/mol. The predicted molar refractivity (Wildman–Crippen MR) is 73.5 cm³/mol. The van der Waals surface area contributed by atoms with Crippen LogP contribution in [-0.4, -0.2) is 27.6 Å². The summed E-state index contributed by atoms with van der Waals surface area (Å²) in [5.74, 6) is 0.754. The van der Waals surface area contributed by atoms with E-state index in [-0.39, 0.29) is 23.8 Å². The third-order valence-corrected chi connectivity index (χ3v) is 2.79. The molecular formula is C13H21N3O3. The number of nitrogens with zero attached hydrogens (tertiary/aromatic N) is 1. The van der Waals surface area contributed by atoms with Gasteiger partial charge in [-0.1, -0.05) is 20.8 Å². The molecule has 0 aromatic carbocycles. The van der Waals surface area contributed by atoms with Gasteiger partial charge in [0.2, 0.25) is 0 Å². The van der Waals surface area contributed by atoms with Crippen molar-refractivity contribution in [3.63, 3.8) is 0 Å². The maximum atomic E-state index is 11.5. The van der Waals surface area contributed by atoms with Crippen LogP contribution in [0.25, 0.3) is 0 Å². The summed E-state index contributed by atoms with van der Waals surface area (Å²) >= 11 is 0. The number of aromatic amines is 1. The molecule has 0 aliphatic rings. The van der Waals surface area contributed by atoms with Crippen LogP contribution in [0.1, 0.15) is 45.4 Å². The van der Waals surface area contributed by atoms with Gasteiger partial charge >= 0.3 is 5.97 Å². The van der Waals surface area contributed by atoms with Crippen molar-refractivity contribution < 1.29 is 9.90 Å². The van der Waals surface area contributed by atoms with Crippen molar-refractivity contribution in [1.29, 1.82) is 0 Å². The van der Waals surface area contributed by atoms with Crippen LogP contribution in [0, 0.1) is 5.92 Å². The number of anilines is 1. The summed E-state index contributed by atoms with van der Waals surface area (Å²) in [6.07, 6.45) is 0.755. The second kappa shape index (κ2) is 6.92. The van der Waals surface area contributed by atoms with Crippen molar-refractivity contribution in [1.82, 2.24) is 9.97 Å². The summed E-state index contributed by atoms with van der Waals surface area (Å²) in [5, 5.41) is 11.7. The molecule has 0 amide bonds. The first-order valence-electron chi connectivity index (χ1n) is 6.45. The van der Waals surface area contributed by atoms with Gasteiger partial charge in [0.15, 0.2) is 0 Å². The lowest BCUT2D eigenvalue weighted by molar-refractivity contribution is -0.137. The van der Waals surface area contributed by atoms with Gasteiger partial charge in [-0.2, -0.15) is 0 Å². The smallest absolute Gasteiger partial charge is 0.303 e. The van der Waals surface area contributed by atoms with E-state index in [0.717, 1.165) is 0 Å². The number of carboxylic acid groups (broad SMARTS) is 1. The van der Waals surface area contributed by atoms with Gasteiger partial charge < -0.3 is 15.4 Å². The lowest BCUT2D eigenvalue weighted by Crippen LogP contribution is -2.18. The summed E-state index contributed by atoms with van der Waals surface area (Å²) in [6.45, 7) is 6.48. The third-order valence-electron chi connectivity index (χ3n) is 2.79. The molecule has 1 rings (SSSR count). The minimum Gasteiger partial charge on any atom is -0.481 e. The Morgan fingerprint density at radius 3 is 2.74 bits per heavy atom. The van der Waals surface area contributed by atoms with Gasteiger partial charge in [0.25, 0.3) is 5.56 Å². The van der Waals surface area contributed by atoms with E-state index >= 15 is 0 Å². The number of H-pyrrole nitrogens is 1. The van der Waals surface area contributed by atoms with E-state index in [1.54, 1.807) is 0 Å². The molecule has 6 heteroatoms. The van der Waals surface area contributed by atoms with Crippen LogP contribution in [0.15, 0.2) is 10.9 Å². The number of carboxylic acids is 1. The van der Waals surface area contributed by atoms with Gasteiger partial charge in [0.1, 0.15) is 11.6 Å². The highest BCUT2D eigenvalue weighted by molar-refractivity contribution is 5.66. The molecule has 1 heterocycles. The van der Waals surface area contributed by atoms with Crippen molar-refractivity contribution in [2.24, 2.45) is 5.92 Å². The minimum atomic E-state index is -0.789. The molecule has 0 aliphatic heterocycles. The predicted octanol–water partition coefficient (Wildman–Crippen LogP) is 1.81. The summed E-state index contributed by atoms with van der Waals surface area (Å²) in [7, 11) is 0. The van der Waals surface area contributed by atoms with Gasteiger partial charge in [-0.15, -0.1) is 0 Å². The molecule has 0 radical (unpaired) electrons. The first-order chi connectivity index (χ1) is 8.88. The molecule has 106 valence electrons. The molecule has 1 aromatic rings. The van der Waals surface area contributed by atoms with Gasteiger partial charge in [-0.3, -0.25) is 9.59 Å². The monoisotopic (exact) mass is 267 g/mol. The van der Waals surface area contributed by atoms with Gasteiger partial charge in [-0.25, -0.2) is 4.98 Å². The van der Waals surface area contributed by atoms with Gasteiger partial charge in [0.05, 0.1) is 0 Å². The quantitative estimate of drug-likeness (QED) is 0.700. The Morgan fingerprint density at radius 2 is 2.16 bits per heavy atom. The van der Waals surface area contributed by atoms with Crippen LogP contribution in [0.4, 0.5) is 5.82 Å². The van der Waals surface area contributed by atoms with E-state index in [1.807, 2.05) is 20.8 Å². The summed E-state index contributed by atoms with van der Waals surface area (Å²) in [5.41, 5.74) is -0.181. The lowest BCUT2D eigenvalue weighted by atomic mass is 10.1. The normalized spacial score (nSPS) is 12.4. The standard InChI is InChI=1S/C13H21N3O3/c1-8(2)13-15-10(6-11(17)16-13)14-7-9(3)4-5-12(18)19/h6,8-9H,4-5,7H2,1-3H3,(H,18,19)(H2,14,15,16,17). The Morgan fingerprint density at radius 1 is 1.47 bits per heavy atom. The first kappa shape index (κ1) is 15.2. The highest BCUT2D eigenvalue weighted by atomic mass is 16.4. The molecule has 1 atom stereocenters. The molecule has 0 saturated heterocycles. The van der Waals surface area contributed by atoms with Crippen LogP contribution in [-0.2, 0) is 4.79 Å². The summed E-state index contributed by atoms with van der Waals surface area (Å²) < 4.78 is 0. The van der Waals surface area contributed by atoms with Crippen LogP contribution >= 0.6 is 0 Å². The van der Waals surface area contributed by atoms with E-state index in [4.69, 9.17) is 5.11 Å². The maximum Gasteiger partial charge on any atom is 0.303 e. The molecule has 1 unspecified atom stereocenters. The maximum absolute atomic E-state index is 11.5. The molecule has 19 heavy (non-hydrogen) atoms. The fourth-order valence-corrected chi connectivity index (χ4v) is 1.59. The second-order valence-electron chi connectivity index (χ2n) is 5.09.